The van der Waals surface area contributed by atoms with Gasteiger partial charge in [-0.05, 0) is 42.5 Å². The minimum Gasteiger partial charge on any atom is -0.506 e. The van der Waals surface area contributed by atoms with Crippen molar-refractivity contribution in [2.45, 2.75) is 0 Å². The molecule has 0 unspecified atom stereocenters. The van der Waals surface area contributed by atoms with Crippen molar-refractivity contribution >= 4 is 50.5 Å². The van der Waals surface area contributed by atoms with Crippen molar-refractivity contribution in [3.63, 3.8) is 0 Å². The topological polar surface area (TPSA) is 118 Å². The van der Waals surface area contributed by atoms with Crippen molar-refractivity contribution in [2.24, 2.45) is 0 Å². The van der Waals surface area contributed by atoms with E-state index in [9.17, 15) is 20.0 Å². The highest BCUT2D eigenvalue weighted by Gasteiger charge is 2.16. The molecule has 1 amide bonds. The number of carbonyl (C=O) groups is 1. The van der Waals surface area contributed by atoms with Gasteiger partial charge in [0.1, 0.15) is 11.5 Å². The number of anilines is 1. The lowest BCUT2D eigenvalue weighted by Gasteiger charge is -2.10. The van der Waals surface area contributed by atoms with Crippen LogP contribution in [0.4, 0.5) is 11.4 Å². The fourth-order valence-electron chi connectivity index (χ4n) is 2.29. The van der Waals surface area contributed by atoms with E-state index in [1.807, 2.05) is 24.3 Å². The molecule has 0 saturated carbocycles. The van der Waals surface area contributed by atoms with E-state index < -0.39 is 10.8 Å². The number of furan rings is 1. The predicted octanol–water partition coefficient (Wildman–Crippen LogP) is 4.45. The van der Waals surface area contributed by atoms with E-state index in [0.717, 1.165) is 28.2 Å². The van der Waals surface area contributed by atoms with E-state index in [2.05, 4.69) is 26.6 Å². The Morgan fingerprint density at radius 1 is 1.14 bits per heavy atom. The van der Waals surface area contributed by atoms with Gasteiger partial charge in [-0.15, -0.1) is 0 Å². The number of non-ortho nitro benzene ring substituents is 1. The molecule has 3 rings (SSSR count). The number of nitrogens with zero attached hydrogens (tertiary/aromatic N) is 1. The number of nitrogens with one attached hydrogen (secondary N) is 2. The third kappa shape index (κ3) is 4.53. The van der Waals surface area contributed by atoms with Crippen molar-refractivity contribution in [3.05, 3.63) is 74.9 Å². The molecule has 0 fully saturated rings. The molecule has 3 N–H and O–H groups in total. The number of rotatable bonds is 4. The number of phenols is 1. The van der Waals surface area contributed by atoms with Gasteiger partial charge in [0, 0.05) is 22.2 Å². The van der Waals surface area contributed by atoms with Gasteiger partial charge in [0.25, 0.3) is 11.6 Å². The SMILES string of the molecule is O=C(NC(=S)Nc1cc([N+](=O)[O-])ccc1O)c1ccc(-c2ccc(Br)cc2)o1. The molecule has 2 aromatic carbocycles. The van der Waals surface area contributed by atoms with E-state index in [0.29, 0.717) is 5.76 Å². The normalized spacial score (nSPS) is 10.3. The van der Waals surface area contributed by atoms with E-state index in [-0.39, 0.29) is 28.0 Å². The minimum atomic E-state index is -0.612. The molecule has 3 aromatic rings. The van der Waals surface area contributed by atoms with E-state index in [4.69, 9.17) is 16.6 Å². The van der Waals surface area contributed by atoms with Gasteiger partial charge >= 0.3 is 0 Å². The quantitative estimate of drug-likeness (QED) is 0.227. The maximum Gasteiger partial charge on any atom is 0.293 e. The highest BCUT2D eigenvalue weighted by atomic mass is 79.9. The van der Waals surface area contributed by atoms with Crippen molar-refractivity contribution in [1.82, 2.24) is 5.32 Å². The molecular weight excluding hydrogens is 450 g/mol. The fourth-order valence-corrected chi connectivity index (χ4v) is 2.75. The zero-order valence-corrected chi connectivity index (χ0v) is 16.4. The average Bonchev–Trinajstić information content (AvgIpc) is 3.14. The number of aromatic hydroxyl groups is 1. The van der Waals surface area contributed by atoms with Crippen LogP contribution in [0.3, 0.4) is 0 Å². The first kappa shape index (κ1) is 19.5. The number of hydrogen-bond donors (Lipinski definition) is 3. The number of amides is 1. The van der Waals surface area contributed by atoms with Gasteiger partial charge in [-0.25, -0.2) is 0 Å². The summed E-state index contributed by atoms with van der Waals surface area (Å²) in [4.78, 5) is 22.5. The summed E-state index contributed by atoms with van der Waals surface area (Å²) in [5.41, 5.74) is 0.554. The number of hydrogen-bond acceptors (Lipinski definition) is 6. The molecule has 0 saturated heterocycles. The molecule has 28 heavy (non-hydrogen) atoms. The Kier molecular flexibility index (Phi) is 5.71. The van der Waals surface area contributed by atoms with Crippen LogP contribution >= 0.6 is 28.1 Å². The van der Waals surface area contributed by atoms with Crippen LogP contribution in [0.5, 0.6) is 5.75 Å². The van der Waals surface area contributed by atoms with E-state index >= 15 is 0 Å². The first-order valence-electron chi connectivity index (χ1n) is 7.79. The highest BCUT2D eigenvalue weighted by molar-refractivity contribution is 9.10. The Labute approximate surface area is 172 Å². The van der Waals surface area contributed by atoms with Gasteiger partial charge in [-0.1, -0.05) is 28.1 Å². The maximum atomic E-state index is 12.3. The number of nitro groups is 1. The highest BCUT2D eigenvalue weighted by Crippen LogP contribution is 2.28. The van der Waals surface area contributed by atoms with Crippen LogP contribution in [0.2, 0.25) is 0 Å². The molecule has 1 aromatic heterocycles. The molecular formula is C18H12BrN3O5S. The van der Waals surface area contributed by atoms with E-state index in [1.54, 1.807) is 6.07 Å². The van der Waals surface area contributed by atoms with Gasteiger partial charge in [0.2, 0.25) is 0 Å². The van der Waals surface area contributed by atoms with Crippen molar-refractivity contribution in [2.75, 3.05) is 5.32 Å². The second-order valence-corrected chi connectivity index (χ2v) is 6.86. The maximum absolute atomic E-state index is 12.3. The Hall–Kier alpha value is -3.24. The van der Waals surface area contributed by atoms with E-state index in [1.165, 1.54) is 6.07 Å². The summed E-state index contributed by atoms with van der Waals surface area (Å²) in [6.45, 7) is 0. The summed E-state index contributed by atoms with van der Waals surface area (Å²) in [6.07, 6.45) is 0. The molecule has 10 heteroatoms. The zero-order valence-electron chi connectivity index (χ0n) is 14.0. The Morgan fingerprint density at radius 2 is 1.86 bits per heavy atom. The third-order valence-corrected chi connectivity index (χ3v) is 4.36. The standard InChI is InChI=1S/C18H12BrN3O5S/c19-11-3-1-10(2-4-11)15-7-8-16(27-15)17(24)21-18(28)20-13-9-12(22(25)26)5-6-14(13)23/h1-9,23H,(H2,20,21,24,28). The van der Waals surface area contributed by atoms with Crippen LogP contribution in [-0.2, 0) is 0 Å². The molecule has 1 heterocycles. The van der Waals surface area contributed by atoms with Crippen LogP contribution in [0.25, 0.3) is 11.3 Å². The monoisotopic (exact) mass is 461 g/mol. The number of phenolic OH excluding ortho intramolecular Hbond substituents is 1. The number of benzene rings is 2. The predicted molar refractivity (Wildman–Crippen MR) is 110 cm³/mol. The van der Waals surface area contributed by atoms with Crippen LogP contribution < -0.4 is 10.6 Å². The summed E-state index contributed by atoms with van der Waals surface area (Å²) < 4.78 is 6.46. The number of nitro benzene ring substituents is 1. The largest absolute Gasteiger partial charge is 0.506 e. The fraction of sp³-hybridized carbons (Fsp3) is 0. The van der Waals surface area contributed by atoms with Crippen LogP contribution in [-0.4, -0.2) is 21.0 Å². The second-order valence-electron chi connectivity index (χ2n) is 5.54. The van der Waals surface area contributed by atoms with Crippen molar-refractivity contribution < 1.29 is 19.2 Å². The molecule has 0 spiro atoms. The van der Waals surface area contributed by atoms with Crippen LogP contribution in [0.15, 0.2) is 63.5 Å². The van der Waals surface area contributed by atoms with Gasteiger partial charge in [-0.3, -0.25) is 20.2 Å². The van der Waals surface area contributed by atoms with Crippen LogP contribution in [0.1, 0.15) is 10.6 Å². The summed E-state index contributed by atoms with van der Waals surface area (Å²) in [6, 6.07) is 13.9. The smallest absolute Gasteiger partial charge is 0.293 e. The first-order chi connectivity index (χ1) is 13.3. The lowest BCUT2D eigenvalue weighted by molar-refractivity contribution is -0.384. The van der Waals surface area contributed by atoms with Crippen molar-refractivity contribution in [1.29, 1.82) is 0 Å². The zero-order chi connectivity index (χ0) is 20.3. The van der Waals surface area contributed by atoms with Gasteiger partial charge in [0.05, 0.1) is 10.6 Å². The lowest BCUT2D eigenvalue weighted by Crippen LogP contribution is -2.33. The molecule has 0 aliphatic rings. The summed E-state index contributed by atoms with van der Waals surface area (Å²) in [5, 5.41) is 25.4. The lowest BCUT2D eigenvalue weighted by atomic mass is 10.2. The van der Waals surface area contributed by atoms with Gasteiger partial charge in [-0.2, -0.15) is 0 Å². The number of halogens is 1. The molecule has 0 atom stereocenters. The number of thiocarbonyl (C=S) groups is 1. The summed E-state index contributed by atoms with van der Waals surface area (Å²) >= 11 is 8.37. The summed E-state index contributed by atoms with van der Waals surface area (Å²) in [5.74, 6) is -0.318. The molecule has 0 bridgehead atoms. The van der Waals surface area contributed by atoms with Gasteiger partial charge in [0.15, 0.2) is 10.9 Å². The molecule has 142 valence electrons. The third-order valence-electron chi connectivity index (χ3n) is 3.62. The first-order valence-corrected chi connectivity index (χ1v) is 8.99. The summed E-state index contributed by atoms with van der Waals surface area (Å²) in [7, 11) is 0. The molecule has 0 radical (unpaired) electrons. The van der Waals surface area contributed by atoms with Crippen LogP contribution in [0, 0.1) is 10.1 Å². The van der Waals surface area contributed by atoms with Gasteiger partial charge < -0.3 is 14.8 Å². The number of carbonyl (C=O) groups excluding carboxylic acids is 1. The Bertz CT molecular complexity index is 1070. The average molecular weight is 462 g/mol. The second kappa shape index (κ2) is 8.19. The molecule has 0 aliphatic carbocycles. The molecule has 8 nitrogen and oxygen atoms in total. The Morgan fingerprint density at radius 3 is 2.54 bits per heavy atom. The Balaban J connectivity index is 1.68. The molecule has 0 aliphatic heterocycles. The minimum absolute atomic E-state index is 0.00510. The van der Waals surface area contributed by atoms with Crippen molar-refractivity contribution in [3.8, 4) is 17.1 Å².